The van der Waals surface area contributed by atoms with Crippen LogP contribution >= 0.6 is 23.1 Å². The smallest absolute Gasteiger partial charge is 0.257 e. The molecule has 3 aromatic rings. The van der Waals surface area contributed by atoms with E-state index in [-0.39, 0.29) is 17.2 Å². The average molecular weight is 457 g/mol. The van der Waals surface area contributed by atoms with Gasteiger partial charge in [0.15, 0.2) is 5.13 Å². The fourth-order valence-electron chi connectivity index (χ4n) is 2.41. The van der Waals surface area contributed by atoms with Gasteiger partial charge in [0.25, 0.3) is 5.91 Å². The van der Waals surface area contributed by atoms with Crippen molar-refractivity contribution in [2.75, 3.05) is 12.4 Å². The van der Waals surface area contributed by atoms with Crippen LogP contribution in [0, 0.1) is 0 Å². The maximum atomic E-state index is 12.5. The average Bonchev–Trinajstić information content (AvgIpc) is 3.40. The number of benzene rings is 1. The number of oxazole rings is 1. The van der Waals surface area contributed by atoms with Crippen molar-refractivity contribution >= 4 is 46.1 Å². The Morgan fingerprint density at radius 1 is 1.16 bits per heavy atom. The monoisotopic (exact) mass is 456 g/mol. The van der Waals surface area contributed by atoms with Crippen LogP contribution in [0.2, 0.25) is 0 Å². The van der Waals surface area contributed by atoms with Crippen molar-refractivity contribution in [2.24, 2.45) is 0 Å². The summed E-state index contributed by atoms with van der Waals surface area (Å²) in [6.07, 6.45) is 6.62. The lowest BCUT2D eigenvalue weighted by molar-refractivity contribution is -0.115. The molecule has 2 heterocycles. The van der Waals surface area contributed by atoms with E-state index in [1.54, 1.807) is 61.5 Å². The number of rotatable bonds is 7. The first-order chi connectivity index (χ1) is 14.7. The molecule has 2 amide bonds. The minimum Gasteiger partial charge on any atom is -0.444 e. The topological polar surface area (TPSA) is 97.1 Å². The van der Waals surface area contributed by atoms with Crippen molar-refractivity contribution in [2.45, 2.75) is 36.1 Å². The molecule has 0 bridgehead atoms. The van der Waals surface area contributed by atoms with Crippen LogP contribution in [-0.4, -0.2) is 28.8 Å². The normalized spacial score (nSPS) is 11.6. The molecule has 31 heavy (non-hydrogen) atoms. The Balaban J connectivity index is 1.54. The molecule has 0 aliphatic rings. The van der Waals surface area contributed by atoms with Gasteiger partial charge in [0, 0.05) is 24.1 Å². The summed E-state index contributed by atoms with van der Waals surface area (Å²) in [5.74, 6) is 1.69. The number of carbonyl (C=O) groups is 2. The minimum atomic E-state index is -0.241. The highest BCUT2D eigenvalue weighted by Crippen LogP contribution is 2.32. The molecule has 1 aromatic carbocycles. The number of anilines is 1. The van der Waals surface area contributed by atoms with Crippen molar-refractivity contribution in [3.05, 3.63) is 65.5 Å². The minimum absolute atomic E-state index is 0.0729. The van der Waals surface area contributed by atoms with Gasteiger partial charge in [-0.3, -0.25) is 14.9 Å². The summed E-state index contributed by atoms with van der Waals surface area (Å²) in [5.41, 5.74) is 1.27. The number of likely N-dealkylation sites (N-methyl/N-ethyl adjacent to an activating group) is 1. The number of amides is 2. The van der Waals surface area contributed by atoms with E-state index in [4.69, 9.17) is 4.42 Å². The second-order valence-electron chi connectivity index (χ2n) is 7.67. The van der Waals surface area contributed by atoms with Gasteiger partial charge in [0.2, 0.25) is 11.8 Å². The van der Waals surface area contributed by atoms with Crippen molar-refractivity contribution in [3.63, 3.8) is 0 Å². The number of carbonyl (C=O) groups excluding carboxylic acids is 2. The SMILES string of the molecule is CNC(=O)/C=C/c1ccc(C(=O)Nc2ncc(SCc3ncc(C(C)(C)C)o3)s2)cc1. The van der Waals surface area contributed by atoms with Gasteiger partial charge in [-0.2, -0.15) is 0 Å². The van der Waals surface area contributed by atoms with Crippen LogP contribution < -0.4 is 10.6 Å². The Bertz CT molecular complexity index is 1080. The third-order valence-electron chi connectivity index (χ3n) is 4.18. The number of thioether (sulfide) groups is 1. The number of hydrogen-bond acceptors (Lipinski definition) is 7. The number of nitrogens with zero attached hydrogens (tertiary/aromatic N) is 2. The Labute approximate surface area is 189 Å². The Morgan fingerprint density at radius 2 is 1.90 bits per heavy atom. The van der Waals surface area contributed by atoms with Crippen LogP contribution in [-0.2, 0) is 16.0 Å². The Kier molecular flexibility index (Phi) is 7.29. The van der Waals surface area contributed by atoms with E-state index in [9.17, 15) is 9.59 Å². The van der Waals surface area contributed by atoms with Crippen LogP contribution in [0.4, 0.5) is 5.13 Å². The van der Waals surface area contributed by atoms with E-state index in [1.807, 2.05) is 0 Å². The molecule has 2 aromatic heterocycles. The van der Waals surface area contributed by atoms with Crippen molar-refractivity contribution in [3.8, 4) is 0 Å². The van der Waals surface area contributed by atoms with E-state index in [2.05, 4.69) is 41.4 Å². The standard InChI is InChI=1S/C22H24N4O3S2/c1-22(2,3)16-11-24-18(29-16)13-30-19-12-25-21(31-19)26-20(28)15-8-5-14(6-9-15)7-10-17(27)23-4/h5-12H,13H2,1-4H3,(H,23,27)(H,25,26,28)/b10-7+. The lowest BCUT2D eigenvalue weighted by Crippen LogP contribution is -2.13. The Morgan fingerprint density at radius 3 is 2.55 bits per heavy atom. The second kappa shape index (κ2) is 9.93. The first-order valence-electron chi connectivity index (χ1n) is 9.59. The maximum absolute atomic E-state index is 12.5. The zero-order chi connectivity index (χ0) is 22.4. The highest BCUT2D eigenvalue weighted by molar-refractivity contribution is 8.00. The van der Waals surface area contributed by atoms with Crippen molar-refractivity contribution in [1.29, 1.82) is 0 Å². The van der Waals surface area contributed by atoms with E-state index >= 15 is 0 Å². The van der Waals surface area contributed by atoms with Gasteiger partial charge in [-0.05, 0) is 23.8 Å². The van der Waals surface area contributed by atoms with Gasteiger partial charge < -0.3 is 9.73 Å². The van der Waals surface area contributed by atoms with Gasteiger partial charge in [-0.25, -0.2) is 9.97 Å². The molecule has 0 atom stereocenters. The van der Waals surface area contributed by atoms with E-state index < -0.39 is 0 Å². The van der Waals surface area contributed by atoms with Crippen LogP contribution in [0.3, 0.4) is 0 Å². The molecule has 0 saturated carbocycles. The summed E-state index contributed by atoms with van der Waals surface area (Å²) in [6, 6.07) is 6.97. The molecule has 0 radical (unpaired) electrons. The molecule has 9 heteroatoms. The van der Waals surface area contributed by atoms with Gasteiger partial charge in [0.1, 0.15) is 5.76 Å². The van der Waals surface area contributed by atoms with Gasteiger partial charge in [-0.15, -0.1) is 11.8 Å². The van der Waals surface area contributed by atoms with E-state index in [0.717, 1.165) is 15.5 Å². The quantitative estimate of drug-likeness (QED) is 0.394. The molecule has 0 spiro atoms. The zero-order valence-corrected chi connectivity index (χ0v) is 19.4. The summed E-state index contributed by atoms with van der Waals surface area (Å²) in [4.78, 5) is 32.3. The first kappa shape index (κ1) is 22.8. The largest absolute Gasteiger partial charge is 0.444 e. The number of nitrogens with one attached hydrogen (secondary N) is 2. The molecule has 162 valence electrons. The fraction of sp³-hybridized carbons (Fsp3) is 0.273. The number of thiazole rings is 1. The van der Waals surface area contributed by atoms with Gasteiger partial charge in [0.05, 0.1) is 22.4 Å². The lowest BCUT2D eigenvalue weighted by Gasteiger charge is -2.12. The molecular formula is C22H24N4O3S2. The first-order valence-corrected chi connectivity index (χ1v) is 11.4. The molecule has 0 aliphatic carbocycles. The number of hydrogen-bond donors (Lipinski definition) is 2. The molecule has 2 N–H and O–H groups in total. The predicted molar refractivity (Wildman–Crippen MR) is 124 cm³/mol. The summed E-state index contributed by atoms with van der Waals surface area (Å²) in [5, 5.41) is 5.85. The molecule has 0 fully saturated rings. The molecular weight excluding hydrogens is 432 g/mol. The predicted octanol–water partition coefficient (Wildman–Crippen LogP) is 4.73. The van der Waals surface area contributed by atoms with Crippen LogP contribution in [0.5, 0.6) is 0 Å². The van der Waals surface area contributed by atoms with Crippen LogP contribution in [0.15, 0.2) is 51.4 Å². The highest BCUT2D eigenvalue weighted by atomic mass is 32.2. The summed E-state index contributed by atoms with van der Waals surface area (Å²) in [6.45, 7) is 6.24. The Hall–Kier alpha value is -2.91. The summed E-state index contributed by atoms with van der Waals surface area (Å²) < 4.78 is 6.76. The summed E-state index contributed by atoms with van der Waals surface area (Å²) in [7, 11) is 1.57. The second-order valence-corrected chi connectivity index (χ2v) is 9.97. The van der Waals surface area contributed by atoms with Crippen LogP contribution in [0.25, 0.3) is 6.08 Å². The van der Waals surface area contributed by atoms with E-state index in [1.165, 1.54) is 17.4 Å². The highest BCUT2D eigenvalue weighted by Gasteiger charge is 2.19. The molecule has 0 saturated heterocycles. The molecule has 0 unspecified atom stereocenters. The lowest BCUT2D eigenvalue weighted by atomic mass is 9.94. The summed E-state index contributed by atoms with van der Waals surface area (Å²) >= 11 is 2.96. The number of aromatic nitrogens is 2. The fourth-order valence-corrected chi connectivity index (χ4v) is 4.13. The van der Waals surface area contributed by atoms with Gasteiger partial charge >= 0.3 is 0 Å². The zero-order valence-electron chi connectivity index (χ0n) is 17.8. The third-order valence-corrected chi connectivity index (χ3v) is 6.27. The molecule has 7 nitrogen and oxygen atoms in total. The van der Waals surface area contributed by atoms with Crippen molar-refractivity contribution in [1.82, 2.24) is 15.3 Å². The van der Waals surface area contributed by atoms with Gasteiger partial charge in [-0.1, -0.05) is 44.2 Å². The van der Waals surface area contributed by atoms with Crippen molar-refractivity contribution < 1.29 is 14.0 Å². The van der Waals surface area contributed by atoms with Crippen LogP contribution in [0.1, 0.15) is 48.3 Å². The maximum Gasteiger partial charge on any atom is 0.257 e. The third kappa shape index (κ3) is 6.53. The van der Waals surface area contributed by atoms with E-state index in [0.29, 0.717) is 22.3 Å². The molecule has 0 aliphatic heterocycles. The molecule has 3 rings (SSSR count).